The summed E-state index contributed by atoms with van der Waals surface area (Å²) in [6.45, 7) is -0.489. The predicted octanol–water partition coefficient (Wildman–Crippen LogP) is 3.28. The van der Waals surface area contributed by atoms with Gasteiger partial charge in [0, 0.05) is 22.9 Å². The number of benzene rings is 1. The van der Waals surface area contributed by atoms with Gasteiger partial charge in [-0.3, -0.25) is 4.79 Å². The zero-order chi connectivity index (χ0) is 23.1. The molecule has 4 rings (SSSR count). The van der Waals surface area contributed by atoms with Crippen LogP contribution in [0.25, 0.3) is 0 Å². The molecule has 2 aliphatic heterocycles. The second kappa shape index (κ2) is 8.24. The van der Waals surface area contributed by atoms with Crippen LogP contribution in [0.5, 0.6) is 0 Å². The van der Waals surface area contributed by atoms with E-state index in [1.54, 1.807) is 0 Å². The minimum atomic E-state index is -4.54. The summed E-state index contributed by atoms with van der Waals surface area (Å²) in [6, 6.07) is 6.75. The highest BCUT2D eigenvalue weighted by Gasteiger charge is 2.55. The number of halogens is 4. The molecule has 5 N–H and O–H groups in total. The Labute approximate surface area is 184 Å². The van der Waals surface area contributed by atoms with Crippen LogP contribution < -0.4 is 16.8 Å². The highest BCUT2D eigenvalue weighted by Crippen LogP contribution is 2.49. The van der Waals surface area contributed by atoms with Gasteiger partial charge in [-0.1, -0.05) is 11.8 Å². The number of alkyl halides is 3. The van der Waals surface area contributed by atoms with Gasteiger partial charge < -0.3 is 21.5 Å². The number of nitrogens with one attached hydrogen (secondary N) is 1. The number of hydrogen-bond donors (Lipinski definition) is 3. The van der Waals surface area contributed by atoms with E-state index >= 15 is 0 Å². The van der Waals surface area contributed by atoms with Crippen LogP contribution in [-0.4, -0.2) is 40.7 Å². The standard InChI is InChI=1S/C20H19F4N5O2S/c21-14-3-2-12(28-17(30)15-4-1-11(25)7-27-15)6-13(14)19-9-31-16(20(22,23)24)5-10(19)8-32-18(26)29-19/h1-4,6-7,10,16H,5,8-9,25H2,(H2,26,29)(H,28,30)/t10-,16+,19-/m0/s1. The molecule has 2 aromatic rings. The first-order valence-electron chi connectivity index (χ1n) is 9.58. The number of nitrogen functional groups attached to an aromatic ring is 1. The van der Waals surface area contributed by atoms with Gasteiger partial charge in [0.1, 0.15) is 17.1 Å². The van der Waals surface area contributed by atoms with Crippen molar-refractivity contribution in [1.82, 2.24) is 4.98 Å². The molecule has 170 valence electrons. The van der Waals surface area contributed by atoms with Crippen LogP contribution in [0.2, 0.25) is 0 Å². The van der Waals surface area contributed by atoms with Crippen molar-refractivity contribution < 1.29 is 27.1 Å². The molecule has 0 aliphatic carbocycles. The number of fused-ring (bicyclic) bond motifs is 1. The fraction of sp³-hybridized carbons (Fsp3) is 0.350. The van der Waals surface area contributed by atoms with Gasteiger partial charge in [0.25, 0.3) is 5.91 Å². The van der Waals surface area contributed by atoms with Crippen molar-refractivity contribution in [2.24, 2.45) is 16.6 Å². The number of carbonyl (C=O) groups is 1. The number of nitrogens with zero attached hydrogens (tertiary/aromatic N) is 2. The molecule has 3 heterocycles. The molecule has 12 heteroatoms. The minimum Gasteiger partial charge on any atom is -0.397 e. The predicted molar refractivity (Wildman–Crippen MR) is 113 cm³/mol. The van der Waals surface area contributed by atoms with Gasteiger partial charge in [-0.15, -0.1) is 0 Å². The van der Waals surface area contributed by atoms with Crippen molar-refractivity contribution >= 4 is 34.2 Å². The topological polar surface area (TPSA) is 116 Å². The molecule has 1 fully saturated rings. The van der Waals surface area contributed by atoms with E-state index in [0.29, 0.717) is 5.69 Å². The highest BCUT2D eigenvalue weighted by molar-refractivity contribution is 8.13. The average molecular weight is 469 g/mol. The second-order valence-corrected chi connectivity index (χ2v) is 8.62. The van der Waals surface area contributed by atoms with Gasteiger partial charge in [0.15, 0.2) is 11.3 Å². The third-order valence-corrected chi connectivity index (χ3v) is 6.45. The molecule has 7 nitrogen and oxygen atoms in total. The summed E-state index contributed by atoms with van der Waals surface area (Å²) >= 11 is 1.12. The van der Waals surface area contributed by atoms with Gasteiger partial charge in [0.2, 0.25) is 0 Å². The molecule has 0 saturated carbocycles. The monoisotopic (exact) mass is 469 g/mol. The molecule has 32 heavy (non-hydrogen) atoms. The molecular formula is C20H19F4N5O2S. The largest absolute Gasteiger partial charge is 0.414 e. The zero-order valence-electron chi connectivity index (χ0n) is 16.5. The number of ether oxygens (including phenoxy) is 1. The number of hydrogen-bond acceptors (Lipinski definition) is 7. The van der Waals surface area contributed by atoms with E-state index in [-0.39, 0.29) is 34.3 Å². The second-order valence-electron chi connectivity index (χ2n) is 7.58. The van der Waals surface area contributed by atoms with E-state index in [1.165, 1.54) is 30.5 Å². The molecule has 3 atom stereocenters. The summed E-state index contributed by atoms with van der Waals surface area (Å²) < 4.78 is 59.8. The maximum absolute atomic E-state index is 14.9. The first-order chi connectivity index (χ1) is 15.1. The first kappa shape index (κ1) is 22.3. The van der Waals surface area contributed by atoms with E-state index in [2.05, 4.69) is 15.3 Å². The van der Waals surface area contributed by atoms with Crippen molar-refractivity contribution in [3.05, 3.63) is 53.6 Å². The Hall–Kier alpha value is -2.86. The fourth-order valence-electron chi connectivity index (χ4n) is 3.87. The highest BCUT2D eigenvalue weighted by atomic mass is 32.2. The molecule has 1 aromatic heterocycles. The number of aromatic nitrogens is 1. The summed E-state index contributed by atoms with van der Waals surface area (Å²) in [4.78, 5) is 20.8. The Kier molecular flexibility index (Phi) is 5.76. The van der Waals surface area contributed by atoms with Crippen LogP contribution in [0.4, 0.5) is 28.9 Å². The number of amides is 1. The Morgan fingerprint density at radius 1 is 1.25 bits per heavy atom. The van der Waals surface area contributed by atoms with Gasteiger partial charge in [-0.2, -0.15) is 13.2 Å². The number of amidine groups is 1. The van der Waals surface area contributed by atoms with Crippen molar-refractivity contribution in [3.63, 3.8) is 0 Å². The van der Waals surface area contributed by atoms with Gasteiger partial charge in [-0.05, 0) is 36.8 Å². The van der Waals surface area contributed by atoms with Crippen LogP contribution in [0.1, 0.15) is 22.5 Å². The van der Waals surface area contributed by atoms with E-state index in [0.717, 1.165) is 17.8 Å². The first-order valence-corrected chi connectivity index (χ1v) is 10.6. The lowest BCUT2D eigenvalue weighted by Gasteiger charge is -2.46. The number of aliphatic imine (C=N–C) groups is 1. The molecule has 0 bridgehead atoms. The number of thioether (sulfide) groups is 1. The van der Waals surface area contributed by atoms with Crippen LogP contribution in [-0.2, 0) is 10.3 Å². The lowest BCUT2D eigenvalue weighted by atomic mass is 9.74. The van der Waals surface area contributed by atoms with Crippen molar-refractivity contribution in [3.8, 4) is 0 Å². The summed E-state index contributed by atoms with van der Waals surface area (Å²) in [5, 5.41) is 2.74. The summed E-state index contributed by atoms with van der Waals surface area (Å²) in [5.74, 6) is -1.68. The number of nitrogens with two attached hydrogens (primary N) is 2. The summed E-state index contributed by atoms with van der Waals surface area (Å²) in [6.07, 6.45) is -5.55. The van der Waals surface area contributed by atoms with Gasteiger partial charge in [0.05, 0.1) is 18.5 Å². The molecule has 1 saturated heterocycles. The Bertz CT molecular complexity index is 1060. The molecule has 1 amide bonds. The smallest absolute Gasteiger partial charge is 0.397 e. The van der Waals surface area contributed by atoms with Gasteiger partial charge in [-0.25, -0.2) is 14.4 Å². The van der Waals surface area contributed by atoms with E-state index in [9.17, 15) is 22.4 Å². The van der Waals surface area contributed by atoms with E-state index < -0.39 is 42.1 Å². The molecule has 0 spiro atoms. The lowest BCUT2D eigenvalue weighted by molar-refractivity contribution is -0.245. The number of anilines is 2. The Balaban J connectivity index is 1.67. The van der Waals surface area contributed by atoms with Crippen molar-refractivity contribution in [2.45, 2.75) is 24.2 Å². The molecule has 0 unspecified atom stereocenters. The fourth-order valence-corrected chi connectivity index (χ4v) is 4.88. The van der Waals surface area contributed by atoms with E-state index in [4.69, 9.17) is 16.2 Å². The maximum atomic E-state index is 14.9. The van der Waals surface area contributed by atoms with Crippen LogP contribution in [0, 0.1) is 11.7 Å². The molecule has 0 radical (unpaired) electrons. The third kappa shape index (κ3) is 4.24. The van der Waals surface area contributed by atoms with Crippen LogP contribution in [0.3, 0.4) is 0 Å². The molecular weight excluding hydrogens is 450 g/mol. The SMILES string of the molecule is NC1=N[C@@]2(c3cc(NC(=O)c4ccc(N)cn4)ccc3F)CO[C@@H](C(F)(F)F)C[C@H]2CS1. The summed E-state index contributed by atoms with van der Waals surface area (Å²) in [5.41, 5.74) is 10.7. The van der Waals surface area contributed by atoms with Crippen molar-refractivity contribution in [1.29, 1.82) is 0 Å². The number of rotatable bonds is 3. The number of pyridine rings is 1. The van der Waals surface area contributed by atoms with Crippen molar-refractivity contribution in [2.75, 3.05) is 23.4 Å². The average Bonchev–Trinajstić information content (AvgIpc) is 2.74. The minimum absolute atomic E-state index is 0.00874. The maximum Gasteiger partial charge on any atom is 0.414 e. The quantitative estimate of drug-likeness (QED) is 0.595. The molecule has 2 aliphatic rings. The van der Waals surface area contributed by atoms with Crippen LogP contribution in [0.15, 0.2) is 41.5 Å². The van der Waals surface area contributed by atoms with E-state index in [1.807, 2.05) is 0 Å². The summed E-state index contributed by atoms with van der Waals surface area (Å²) in [7, 11) is 0. The zero-order valence-corrected chi connectivity index (χ0v) is 17.3. The Morgan fingerprint density at radius 2 is 2.03 bits per heavy atom. The molecule has 1 aromatic carbocycles. The number of carbonyl (C=O) groups excluding carboxylic acids is 1. The lowest BCUT2D eigenvalue weighted by Crippen LogP contribution is -2.53. The van der Waals surface area contributed by atoms with Gasteiger partial charge >= 0.3 is 6.18 Å². The normalized spacial score (nSPS) is 25.6. The Morgan fingerprint density at radius 3 is 2.72 bits per heavy atom. The van der Waals surface area contributed by atoms with Crippen LogP contribution >= 0.6 is 11.8 Å². The third-order valence-electron chi connectivity index (χ3n) is 5.50.